The first kappa shape index (κ1) is 45.3. The average Bonchev–Trinajstić information content (AvgIpc) is 3.97. The van der Waals surface area contributed by atoms with Gasteiger partial charge in [-0.3, -0.25) is 14.4 Å². The lowest BCUT2D eigenvalue weighted by atomic mass is 9.45. The number of rotatable bonds is 5. The van der Waals surface area contributed by atoms with Gasteiger partial charge in [-0.25, -0.2) is 0 Å². The molecule has 0 spiro atoms. The molecule has 352 valence electrons. The Morgan fingerprint density at radius 2 is 1.77 bits per heavy atom. The van der Waals surface area contributed by atoms with E-state index in [1.807, 2.05) is 32.3 Å². The number of aliphatic hydroxyl groups excluding tert-OH is 3. The van der Waals surface area contributed by atoms with Gasteiger partial charge in [-0.05, 0) is 148 Å². The van der Waals surface area contributed by atoms with Crippen molar-refractivity contribution in [2.24, 2.45) is 87.8 Å². The van der Waals surface area contributed by atoms with Gasteiger partial charge >= 0.3 is 5.97 Å². The van der Waals surface area contributed by atoms with Gasteiger partial charge in [0.25, 0.3) is 0 Å². The summed E-state index contributed by atoms with van der Waals surface area (Å²) in [6.45, 7) is 12.0. The third kappa shape index (κ3) is 6.79. The molecule has 1 aliphatic heterocycles. The minimum absolute atomic E-state index is 0.00134. The molecule has 0 aromatic carbocycles. The van der Waals surface area contributed by atoms with Gasteiger partial charge in [-0.1, -0.05) is 57.4 Å². The standard InChI is InChI=1S/C54H72N2O9/c1-27-10-11-30-20-31-12-13-35-34(37-26-65-50(62)44(37)33-15-17-55-25-33)9-7-8-32-22-54(64)46-38(51(4)23-41(59)40(58)21-39(51)48(61)47(46)56-24-29(3)57)14-16-52(54,5)49(32)53(6,63)42(60)19-28(2)43(31)45(35)36(30)18-27/h12-13,15,17,20,25,27-28,31-32,34-45,49,55-56,58-60,63-64H,8,10-11,14,16,18-19,21-24,26H2,1-6H3/t27-,28-,31+,32-,34-,35+,36+,37+,38+,39+,40-,41+,42-,43-,44+,45-,49+,51-,52-,53+,54-/m1/s1. The largest absolute Gasteiger partial charge is 0.465 e. The number of aliphatic hydroxyl groups is 5. The number of ketones is 2. The molecule has 5 fully saturated rings. The molecule has 0 amide bonds. The number of hydrogen-bond donors (Lipinski definition) is 7. The summed E-state index contributed by atoms with van der Waals surface area (Å²) in [5.74, 6) is 5.38. The van der Waals surface area contributed by atoms with Crippen molar-refractivity contribution < 1.29 is 44.7 Å². The molecule has 1 aromatic rings. The maximum atomic E-state index is 14.8. The van der Waals surface area contributed by atoms with Crippen LogP contribution >= 0.6 is 0 Å². The number of carbonyl (C=O) groups excluding carboxylic acids is 3. The topological polar surface area (TPSA) is 189 Å². The number of carbonyl (C=O) groups is 3. The second kappa shape index (κ2) is 16.0. The minimum atomic E-state index is -1.67. The van der Waals surface area contributed by atoms with Crippen molar-refractivity contribution in [3.05, 3.63) is 59.1 Å². The summed E-state index contributed by atoms with van der Waals surface area (Å²) in [6, 6.07) is 1.96. The van der Waals surface area contributed by atoms with Crippen LogP contribution in [0.1, 0.15) is 117 Å². The van der Waals surface area contributed by atoms with Crippen LogP contribution in [0.3, 0.4) is 0 Å². The minimum Gasteiger partial charge on any atom is -0.465 e. The first-order valence-electron chi connectivity index (χ1n) is 25.0. The van der Waals surface area contributed by atoms with Crippen LogP contribution in [0, 0.1) is 99.6 Å². The summed E-state index contributed by atoms with van der Waals surface area (Å²) in [6.07, 6.45) is 13.2. The van der Waals surface area contributed by atoms with Crippen LogP contribution < -0.4 is 5.32 Å². The van der Waals surface area contributed by atoms with E-state index in [-0.39, 0.29) is 103 Å². The zero-order chi connectivity index (χ0) is 46.1. The molecule has 4 saturated carbocycles. The Bertz CT molecular complexity index is 2250. The Balaban J connectivity index is 1.12. The van der Waals surface area contributed by atoms with Crippen LogP contribution in [0.4, 0.5) is 0 Å². The van der Waals surface area contributed by atoms with E-state index in [0.29, 0.717) is 43.1 Å². The van der Waals surface area contributed by atoms with Crippen molar-refractivity contribution in [1.29, 1.82) is 0 Å². The van der Waals surface area contributed by atoms with Crippen molar-refractivity contribution in [2.75, 3.05) is 13.2 Å². The number of hydrogen-bond acceptors (Lipinski definition) is 10. The maximum Gasteiger partial charge on any atom is 0.313 e. The quantitative estimate of drug-likeness (QED) is 0.109. The van der Waals surface area contributed by atoms with Crippen molar-refractivity contribution in [3.63, 3.8) is 0 Å². The van der Waals surface area contributed by atoms with E-state index in [9.17, 15) is 39.9 Å². The number of ether oxygens (including phenoxy) is 1. The van der Waals surface area contributed by atoms with Gasteiger partial charge in [0.15, 0.2) is 5.78 Å². The van der Waals surface area contributed by atoms with E-state index in [1.165, 1.54) is 18.9 Å². The van der Waals surface area contributed by atoms with Crippen LogP contribution in [-0.2, 0) is 19.1 Å². The monoisotopic (exact) mass is 893 g/mol. The smallest absolute Gasteiger partial charge is 0.313 e. The van der Waals surface area contributed by atoms with Gasteiger partial charge in [-0.15, -0.1) is 5.92 Å². The molecule has 4 bridgehead atoms. The normalized spacial score (nSPS) is 50.1. The molecule has 1 saturated heterocycles. The molecule has 8 aliphatic carbocycles. The van der Waals surface area contributed by atoms with Crippen molar-refractivity contribution >= 4 is 17.5 Å². The molecule has 10 rings (SSSR count). The van der Waals surface area contributed by atoms with Gasteiger partial charge in [0, 0.05) is 47.9 Å². The number of fused-ring (bicyclic) bond motifs is 8. The van der Waals surface area contributed by atoms with Crippen LogP contribution in [-0.4, -0.2) is 90.7 Å². The number of cyclic esters (lactones) is 1. The van der Waals surface area contributed by atoms with Gasteiger partial charge in [0.2, 0.25) is 0 Å². The second-order valence-corrected chi connectivity index (χ2v) is 23.5. The summed E-state index contributed by atoms with van der Waals surface area (Å²) in [5.41, 5.74) is -1.96. The first-order chi connectivity index (χ1) is 30.8. The fraction of sp³-hybridized carbons (Fsp3) is 0.722. The Hall–Kier alpha value is -3.53. The fourth-order valence-electron chi connectivity index (χ4n) is 16.9. The lowest BCUT2D eigenvalue weighted by Gasteiger charge is -2.61. The Labute approximate surface area is 384 Å². The highest BCUT2D eigenvalue weighted by atomic mass is 16.5. The number of aromatic amines is 1. The number of allylic oxidation sites excluding steroid dienone is 5. The molecular weight excluding hydrogens is 821 g/mol. The van der Waals surface area contributed by atoms with Crippen molar-refractivity contribution in [1.82, 2.24) is 10.3 Å². The van der Waals surface area contributed by atoms with Crippen molar-refractivity contribution in [2.45, 2.75) is 141 Å². The molecule has 0 radical (unpaired) electrons. The van der Waals surface area contributed by atoms with E-state index < -0.39 is 64.0 Å². The Morgan fingerprint density at radius 1 is 0.985 bits per heavy atom. The number of aromatic nitrogens is 1. The van der Waals surface area contributed by atoms with Gasteiger partial charge < -0.3 is 40.6 Å². The van der Waals surface area contributed by atoms with Gasteiger partial charge in [0.1, 0.15) is 5.78 Å². The Morgan fingerprint density at radius 3 is 2.51 bits per heavy atom. The van der Waals surface area contributed by atoms with Crippen LogP contribution in [0.2, 0.25) is 0 Å². The summed E-state index contributed by atoms with van der Waals surface area (Å²) in [4.78, 5) is 44.3. The second-order valence-electron chi connectivity index (χ2n) is 23.5. The zero-order valence-electron chi connectivity index (χ0n) is 39.1. The molecule has 7 N–H and O–H groups in total. The number of H-pyrrole nitrogens is 1. The molecule has 21 atom stereocenters. The number of nitrogens with one attached hydrogen (secondary N) is 2. The van der Waals surface area contributed by atoms with E-state index in [2.05, 4.69) is 54.2 Å². The summed E-state index contributed by atoms with van der Waals surface area (Å²) in [5, 5.41) is 65.0. The molecule has 9 aliphatic rings. The maximum absolute atomic E-state index is 14.8. The number of Topliss-reactive ketones (excluding diaryl/α,β-unsaturated/α-hetero) is 2. The van der Waals surface area contributed by atoms with Gasteiger partial charge in [0.05, 0.1) is 54.3 Å². The molecule has 11 nitrogen and oxygen atoms in total. The molecule has 2 heterocycles. The van der Waals surface area contributed by atoms with Crippen molar-refractivity contribution in [3.8, 4) is 11.8 Å². The van der Waals surface area contributed by atoms with E-state index in [4.69, 9.17) is 4.74 Å². The molecule has 11 heteroatoms. The fourth-order valence-corrected chi connectivity index (χ4v) is 16.9. The lowest BCUT2D eigenvalue weighted by molar-refractivity contribution is -0.183. The third-order valence-corrected chi connectivity index (χ3v) is 19.9. The predicted molar refractivity (Wildman–Crippen MR) is 243 cm³/mol. The van der Waals surface area contributed by atoms with E-state index in [1.54, 1.807) is 6.92 Å². The van der Waals surface area contributed by atoms with E-state index >= 15 is 0 Å². The van der Waals surface area contributed by atoms with Crippen LogP contribution in [0.25, 0.3) is 0 Å². The molecule has 65 heavy (non-hydrogen) atoms. The van der Waals surface area contributed by atoms with Gasteiger partial charge in [-0.2, -0.15) is 0 Å². The first-order valence-corrected chi connectivity index (χ1v) is 25.0. The highest BCUT2D eigenvalue weighted by molar-refractivity contribution is 6.00. The van der Waals surface area contributed by atoms with Crippen LogP contribution in [0.15, 0.2) is 53.5 Å². The SMILES string of the molecule is CC(=O)CNC1=C2[C@H](CC[C@]3(C)[C@@H]4[C@H](CC#C[C@@H]([C@@H]5COC(=O)[C@H]5c5cc[nH]c5)[C@@H]5C=C[C@H]6C=C7CC[C@@H](C)C[C@@H]7[C@@H]5[C@@H]6[C@H](C)C[C@@H](O)[C@]4(C)O)C[C@@]23O)[C@@]2(C)C[C@H](O)[C@H](O)C[C@H]2C1=O. The highest BCUT2D eigenvalue weighted by Gasteiger charge is 2.73. The van der Waals surface area contributed by atoms with Crippen LogP contribution in [0.5, 0.6) is 0 Å². The summed E-state index contributed by atoms with van der Waals surface area (Å²) >= 11 is 0. The average molecular weight is 893 g/mol. The summed E-state index contributed by atoms with van der Waals surface area (Å²) in [7, 11) is 0. The van der Waals surface area contributed by atoms with E-state index in [0.717, 1.165) is 18.4 Å². The lowest BCUT2D eigenvalue weighted by Crippen LogP contribution is -2.64. The summed E-state index contributed by atoms with van der Waals surface area (Å²) < 4.78 is 5.95. The Kier molecular flexibility index (Phi) is 11.2. The predicted octanol–water partition coefficient (Wildman–Crippen LogP) is 5.78. The zero-order valence-corrected chi connectivity index (χ0v) is 39.1. The number of esters is 1. The highest BCUT2D eigenvalue weighted by Crippen LogP contribution is 2.71. The third-order valence-electron chi connectivity index (χ3n) is 19.9. The molecule has 1 aromatic heterocycles. The molecule has 0 unspecified atom stereocenters. The molecular formula is C54H72N2O9.